The van der Waals surface area contributed by atoms with Crippen molar-refractivity contribution >= 4 is 11.3 Å². The van der Waals surface area contributed by atoms with Crippen molar-refractivity contribution in [3.05, 3.63) is 21.9 Å². The quantitative estimate of drug-likeness (QED) is 0.736. The first-order chi connectivity index (χ1) is 6.36. The molecule has 0 spiro atoms. The molecule has 0 aromatic carbocycles. The van der Waals surface area contributed by atoms with Crippen LogP contribution in [0.1, 0.15) is 16.2 Å². The Bertz CT molecular complexity index is 342. The maximum atomic E-state index is 8.56. The van der Waals surface area contributed by atoms with Gasteiger partial charge in [0.1, 0.15) is 10.9 Å². The van der Waals surface area contributed by atoms with Crippen LogP contribution in [0.4, 0.5) is 0 Å². The van der Waals surface area contributed by atoms with Gasteiger partial charge in [-0.2, -0.15) is 10.5 Å². The predicted molar refractivity (Wildman–Crippen MR) is 51.0 cm³/mol. The Balaban J connectivity index is 2.30. The van der Waals surface area contributed by atoms with E-state index >= 15 is 0 Å². The summed E-state index contributed by atoms with van der Waals surface area (Å²) in [5.74, 6) is 0. The van der Waals surface area contributed by atoms with Crippen LogP contribution in [0.2, 0.25) is 0 Å². The average Bonchev–Trinajstić information content (AvgIpc) is 2.60. The molecule has 0 aliphatic carbocycles. The summed E-state index contributed by atoms with van der Waals surface area (Å²) in [6.45, 7) is 1.45. The average molecular weight is 191 g/mol. The molecule has 3 nitrogen and oxygen atoms in total. The van der Waals surface area contributed by atoms with Gasteiger partial charge in [0, 0.05) is 24.4 Å². The smallest absolute Gasteiger partial charge is 0.110 e. The SMILES string of the molecule is N#CCCNCc1ccc(C#N)s1. The van der Waals surface area contributed by atoms with E-state index < -0.39 is 0 Å². The van der Waals surface area contributed by atoms with Gasteiger partial charge in [-0.05, 0) is 12.1 Å². The molecular weight excluding hydrogens is 182 g/mol. The lowest BCUT2D eigenvalue weighted by molar-refractivity contribution is 0.706. The minimum Gasteiger partial charge on any atom is -0.311 e. The molecule has 0 saturated carbocycles. The molecule has 1 aromatic heterocycles. The van der Waals surface area contributed by atoms with Gasteiger partial charge in [-0.1, -0.05) is 0 Å². The highest BCUT2D eigenvalue weighted by molar-refractivity contribution is 7.12. The zero-order valence-electron chi connectivity index (χ0n) is 7.08. The summed E-state index contributed by atoms with van der Waals surface area (Å²) in [7, 11) is 0. The highest BCUT2D eigenvalue weighted by atomic mass is 32.1. The molecule has 0 aliphatic heterocycles. The molecule has 0 radical (unpaired) electrons. The normalized spacial score (nSPS) is 9.08. The lowest BCUT2D eigenvalue weighted by Crippen LogP contribution is -2.12. The first kappa shape index (κ1) is 9.73. The molecule has 1 aromatic rings. The topological polar surface area (TPSA) is 59.6 Å². The Hall–Kier alpha value is -1.36. The van der Waals surface area contributed by atoms with E-state index in [1.807, 2.05) is 12.1 Å². The number of hydrogen-bond donors (Lipinski definition) is 1. The van der Waals surface area contributed by atoms with Gasteiger partial charge in [-0.25, -0.2) is 0 Å². The predicted octanol–water partition coefficient (Wildman–Crippen LogP) is 1.62. The summed E-state index contributed by atoms with van der Waals surface area (Å²) in [5, 5.41) is 20.0. The molecule has 1 N–H and O–H groups in total. The second-order valence-corrected chi connectivity index (χ2v) is 3.63. The molecule has 0 aliphatic rings. The van der Waals surface area contributed by atoms with Crippen molar-refractivity contribution in [1.82, 2.24) is 5.32 Å². The molecular formula is C9H9N3S. The van der Waals surface area contributed by atoms with Gasteiger partial charge in [-0.3, -0.25) is 0 Å². The van der Waals surface area contributed by atoms with Crippen LogP contribution in [0, 0.1) is 22.7 Å². The second kappa shape index (κ2) is 5.31. The number of thiophene rings is 1. The van der Waals surface area contributed by atoms with Crippen LogP contribution in [0.5, 0.6) is 0 Å². The van der Waals surface area contributed by atoms with E-state index in [0.717, 1.165) is 16.3 Å². The standard InChI is InChI=1S/C9H9N3S/c10-4-1-5-12-7-9-3-2-8(6-11)13-9/h2-3,12H,1,5,7H2. The summed E-state index contributed by atoms with van der Waals surface area (Å²) in [5.41, 5.74) is 0. The van der Waals surface area contributed by atoms with Gasteiger partial charge in [0.2, 0.25) is 0 Å². The lowest BCUT2D eigenvalue weighted by atomic mass is 10.4. The van der Waals surface area contributed by atoms with Crippen molar-refractivity contribution in [3.8, 4) is 12.1 Å². The van der Waals surface area contributed by atoms with Crippen molar-refractivity contribution in [2.24, 2.45) is 0 Å². The number of nitrogens with one attached hydrogen (secondary N) is 1. The van der Waals surface area contributed by atoms with E-state index in [-0.39, 0.29) is 0 Å². The van der Waals surface area contributed by atoms with Gasteiger partial charge in [0.15, 0.2) is 0 Å². The van der Waals surface area contributed by atoms with E-state index in [9.17, 15) is 0 Å². The molecule has 1 rings (SSSR count). The molecule has 4 heteroatoms. The van der Waals surface area contributed by atoms with Gasteiger partial charge in [0.05, 0.1) is 6.07 Å². The van der Waals surface area contributed by atoms with Gasteiger partial charge >= 0.3 is 0 Å². The Morgan fingerprint density at radius 3 is 2.85 bits per heavy atom. The summed E-state index contributed by atoms with van der Waals surface area (Å²) < 4.78 is 0. The van der Waals surface area contributed by atoms with Gasteiger partial charge in [0.25, 0.3) is 0 Å². The minimum absolute atomic E-state index is 0.524. The Labute approximate surface area is 81.2 Å². The fourth-order valence-electron chi connectivity index (χ4n) is 0.889. The summed E-state index contributed by atoms with van der Waals surface area (Å²) in [4.78, 5) is 1.87. The van der Waals surface area contributed by atoms with Crippen molar-refractivity contribution < 1.29 is 0 Å². The van der Waals surface area contributed by atoms with Crippen LogP contribution in [0.25, 0.3) is 0 Å². The number of hydrogen-bond acceptors (Lipinski definition) is 4. The van der Waals surface area contributed by atoms with Crippen molar-refractivity contribution in [3.63, 3.8) is 0 Å². The maximum absolute atomic E-state index is 8.56. The highest BCUT2D eigenvalue weighted by Gasteiger charge is 1.97. The number of nitriles is 2. The van der Waals surface area contributed by atoms with E-state index in [0.29, 0.717) is 13.0 Å². The van der Waals surface area contributed by atoms with Crippen LogP contribution in [0.3, 0.4) is 0 Å². The van der Waals surface area contributed by atoms with E-state index in [4.69, 9.17) is 10.5 Å². The first-order valence-electron chi connectivity index (χ1n) is 3.93. The van der Waals surface area contributed by atoms with Crippen LogP contribution in [0.15, 0.2) is 12.1 Å². The Morgan fingerprint density at radius 2 is 2.23 bits per heavy atom. The molecule has 0 saturated heterocycles. The molecule has 0 fully saturated rings. The lowest BCUT2D eigenvalue weighted by Gasteiger charge is -1.97. The number of rotatable bonds is 4. The van der Waals surface area contributed by atoms with Crippen molar-refractivity contribution in [1.29, 1.82) is 10.5 Å². The fraction of sp³-hybridized carbons (Fsp3) is 0.333. The molecule has 0 amide bonds. The van der Waals surface area contributed by atoms with Crippen molar-refractivity contribution in [2.75, 3.05) is 6.54 Å². The molecule has 0 bridgehead atoms. The fourth-order valence-corrected chi connectivity index (χ4v) is 1.66. The van der Waals surface area contributed by atoms with E-state index in [1.54, 1.807) is 0 Å². The zero-order valence-corrected chi connectivity index (χ0v) is 7.90. The Morgan fingerprint density at radius 1 is 1.38 bits per heavy atom. The monoisotopic (exact) mass is 191 g/mol. The molecule has 0 atom stereocenters. The second-order valence-electron chi connectivity index (χ2n) is 2.46. The van der Waals surface area contributed by atoms with Crippen LogP contribution in [-0.4, -0.2) is 6.54 Å². The van der Waals surface area contributed by atoms with Crippen LogP contribution < -0.4 is 5.32 Å². The van der Waals surface area contributed by atoms with E-state index in [1.165, 1.54) is 11.3 Å². The third kappa shape index (κ3) is 3.25. The number of nitrogens with zero attached hydrogens (tertiary/aromatic N) is 2. The van der Waals surface area contributed by atoms with Crippen LogP contribution in [-0.2, 0) is 6.54 Å². The molecule has 66 valence electrons. The van der Waals surface area contributed by atoms with E-state index in [2.05, 4.69) is 17.5 Å². The van der Waals surface area contributed by atoms with Crippen molar-refractivity contribution in [2.45, 2.75) is 13.0 Å². The summed E-state index contributed by atoms with van der Waals surface area (Å²) in [6.07, 6.45) is 0.524. The zero-order chi connectivity index (χ0) is 9.52. The molecule has 1 heterocycles. The van der Waals surface area contributed by atoms with Crippen LogP contribution >= 0.6 is 11.3 Å². The maximum Gasteiger partial charge on any atom is 0.110 e. The first-order valence-corrected chi connectivity index (χ1v) is 4.75. The molecule has 0 unspecified atom stereocenters. The van der Waals surface area contributed by atoms with Gasteiger partial charge in [-0.15, -0.1) is 11.3 Å². The minimum atomic E-state index is 0.524. The summed E-state index contributed by atoms with van der Waals surface area (Å²) in [6, 6.07) is 7.89. The molecule has 13 heavy (non-hydrogen) atoms. The van der Waals surface area contributed by atoms with Gasteiger partial charge < -0.3 is 5.32 Å². The highest BCUT2D eigenvalue weighted by Crippen LogP contribution is 2.14. The largest absolute Gasteiger partial charge is 0.311 e. The third-order valence-electron chi connectivity index (χ3n) is 1.48. The third-order valence-corrected chi connectivity index (χ3v) is 2.47. The summed E-state index contributed by atoms with van der Waals surface area (Å²) >= 11 is 1.48. The Kier molecular flexibility index (Phi) is 3.98.